The predicted octanol–water partition coefficient (Wildman–Crippen LogP) is 2.75. The van der Waals surface area contributed by atoms with Crippen molar-refractivity contribution in [2.75, 3.05) is 20.3 Å². The Labute approximate surface area is 151 Å². The number of methoxy groups -OCH3 is 1. The Kier molecular flexibility index (Phi) is 4.48. The summed E-state index contributed by atoms with van der Waals surface area (Å²) in [7, 11) is 1.61. The number of hydrogen-bond donors (Lipinski definition) is 1. The molecule has 0 spiro atoms. The molecule has 1 aliphatic heterocycles. The molecule has 0 saturated heterocycles. The third-order valence-corrected chi connectivity index (χ3v) is 4.52. The highest BCUT2D eigenvalue weighted by molar-refractivity contribution is 5.79. The summed E-state index contributed by atoms with van der Waals surface area (Å²) < 4.78 is 16.7. The summed E-state index contributed by atoms with van der Waals surface area (Å²) in [5.74, 6) is 1.84. The molecule has 0 radical (unpaired) electrons. The quantitative estimate of drug-likeness (QED) is 0.764. The van der Waals surface area contributed by atoms with E-state index in [1.165, 1.54) is 0 Å². The van der Waals surface area contributed by atoms with Crippen LogP contribution in [0.25, 0.3) is 11.1 Å². The minimum atomic E-state index is -0.210. The number of hydrogen-bond acceptors (Lipinski definition) is 5. The fraction of sp³-hybridized carbons (Fsp3) is 0.300. The van der Waals surface area contributed by atoms with Crippen LogP contribution in [0.5, 0.6) is 11.5 Å². The van der Waals surface area contributed by atoms with E-state index >= 15 is 0 Å². The Hall–Kier alpha value is -3.02. The first-order chi connectivity index (χ1) is 12.7. The second kappa shape index (κ2) is 7.07. The van der Waals surface area contributed by atoms with Gasteiger partial charge in [0.1, 0.15) is 12.1 Å². The Balaban J connectivity index is 1.33. The van der Waals surface area contributed by atoms with E-state index in [4.69, 9.17) is 13.9 Å². The number of carbonyl (C=O) groups is 1. The average Bonchev–Trinajstić information content (AvgIpc) is 3.09. The summed E-state index contributed by atoms with van der Waals surface area (Å²) in [6.45, 7) is 0.829. The topological polar surface area (TPSA) is 73.6 Å². The summed E-state index contributed by atoms with van der Waals surface area (Å²) in [6, 6.07) is 13.4. The maximum atomic E-state index is 12.5. The van der Waals surface area contributed by atoms with Gasteiger partial charge in [-0.25, -0.2) is 4.98 Å². The molecule has 0 bridgehead atoms. The molecule has 134 valence electrons. The van der Waals surface area contributed by atoms with Gasteiger partial charge in [0.05, 0.1) is 13.0 Å². The van der Waals surface area contributed by atoms with Crippen LogP contribution in [0, 0.1) is 5.92 Å². The number of carbonyl (C=O) groups excluding carboxylic acids is 1. The second-order valence-corrected chi connectivity index (χ2v) is 6.28. The highest BCUT2D eigenvalue weighted by atomic mass is 16.5. The van der Waals surface area contributed by atoms with Crippen LogP contribution in [0.2, 0.25) is 0 Å². The molecule has 0 saturated carbocycles. The number of ether oxygens (including phenoxy) is 2. The SMILES string of the molecule is COc1cccc2c1OC[C@@H](C(=O)NCCc1nc3ccccc3o1)C2. The number of benzene rings is 2. The number of amides is 1. The molecule has 0 fully saturated rings. The predicted molar refractivity (Wildman–Crippen MR) is 96.4 cm³/mol. The van der Waals surface area contributed by atoms with Crippen molar-refractivity contribution in [1.29, 1.82) is 0 Å². The highest BCUT2D eigenvalue weighted by Gasteiger charge is 2.27. The lowest BCUT2D eigenvalue weighted by Crippen LogP contribution is -2.38. The molecule has 1 atom stereocenters. The summed E-state index contributed by atoms with van der Waals surface area (Å²) in [5, 5.41) is 2.95. The summed E-state index contributed by atoms with van der Waals surface area (Å²) in [6.07, 6.45) is 1.19. The largest absolute Gasteiger partial charge is 0.493 e. The van der Waals surface area contributed by atoms with Crippen molar-refractivity contribution in [3.63, 3.8) is 0 Å². The molecule has 1 aromatic heterocycles. The van der Waals surface area contributed by atoms with Gasteiger partial charge in [-0.05, 0) is 30.2 Å². The fourth-order valence-corrected chi connectivity index (χ4v) is 3.19. The Bertz CT molecular complexity index is 901. The van der Waals surface area contributed by atoms with Gasteiger partial charge in [-0.15, -0.1) is 0 Å². The van der Waals surface area contributed by atoms with Crippen LogP contribution >= 0.6 is 0 Å². The number of rotatable bonds is 5. The van der Waals surface area contributed by atoms with Crippen LogP contribution in [0.15, 0.2) is 46.9 Å². The molecule has 1 N–H and O–H groups in total. The summed E-state index contributed by atoms with van der Waals surface area (Å²) in [5.41, 5.74) is 2.59. The number of nitrogens with one attached hydrogen (secondary N) is 1. The van der Waals surface area contributed by atoms with Gasteiger partial charge in [-0.1, -0.05) is 24.3 Å². The lowest BCUT2D eigenvalue weighted by molar-refractivity contribution is -0.126. The van der Waals surface area contributed by atoms with Crippen LogP contribution in [-0.2, 0) is 17.6 Å². The van der Waals surface area contributed by atoms with Gasteiger partial charge in [-0.3, -0.25) is 4.79 Å². The van der Waals surface area contributed by atoms with Gasteiger partial charge >= 0.3 is 0 Å². The van der Waals surface area contributed by atoms with Gasteiger partial charge in [0, 0.05) is 13.0 Å². The highest BCUT2D eigenvalue weighted by Crippen LogP contribution is 2.36. The smallest absolute Gasteiger partial charge is 0.226 e. The lowest BCUT2D eigenvalue weighted by atomic mass is 9.95. The molecule has 1 aliphatic rings. The number of nitrogens with zero attached hydrogens (tertiary/aromatic N) is 1. The minimum Gasteiger partial charge on any atom is -0.493 e. The number of oxazole rings is 1. The molecule has 2 aromatic carbocycles. The zero-order valence-corrected chi connectivity index (χ0v) is 14.5. The molecule has 26 heavy (non-hydrogen) atoms. The second-order valence-electron chi connectivity index (χ2n) is 6.28. The summed E-state index contributed by atoms with van der Waals surface area (Å²) >= 11 is 0. The van der Waals surface area contributed by atoms with Crippen LogP contribution in [0.3, 0.4) is 0 Å². The van der Waals surface area contributed by atoms with E-state index in [0.29, 0.717) is 37.6 Å². The fourth-order valence-electron chi connectivity index (χ4n) is 3.19. The molecule has 1 amide bonds. The molecule has 4 rings (SSSR count). The van der Waals surface area contributed by atoms with E-state index in [9.17, 15) is 4.79 Å². The zero-order chi connectivity index (χ0) is 17.9. The first-order valence-electron chi connectivity index (χ1n) is 8.65. The van der Waals surface area contributed by atoms with E-state index in [-0.39, 0.29) is 11.8 Å². The maximum Gasteiger partial charge on any atom is 0.226 e. The van der Waals surface area contributed by atoms with Gasteiger partial charge in [0.2, 0.25) is 5.91 Å². The van der Waals surface area contributed by atoms with Gasteiger partial charge in [0.25, 0.3) is 0 Å². The number of fused-ring (bicyclic) bond motifs is 2. The molecule has 2 heterocycles. The molecular formula is C20H20N2O4. The molecule has 3 aromatic rings. The molecule has 0 unspecified atom stereocenters. The maximum absolute atomic E-state index is 12.5. The first kappa shape index (κ1) is 16.4. The summed E-state index contributed by atoms with van der Waals surface area (Å²) in [4.78, 5) is 16.9. The number of para-hydroxylation sites is 3. The standard InChI is InChI=1S/C20H20N2O4/c1-24-17-8-4-5-13-11-14(12-25-19(13)17)20(23)21-10-9-18-22-15-6-2-3-7-16(15)26-18/h2-8,14H,9-12H2,1H3,(H,21,23)/t14-/m0/s1. The van der Waals surface area contributed by atoms with Crippen LogP contribution < -0.4 is 14.8 Å². The normalized spacial score (nSPS) is 16.0. The van der Waals surface area contributed by atoms with Crippen LogP contribution in [-0.4, -0.2) is 31.2 Å². The van der Waals surface area contributed by atoms with E-state index in [0.717, 1.165) is 22.4 Å². The van der Waals surface area contributed by atoms with Crippen LogP contribution in [0.1, 0.15) is 11.5 Å². The first-order valence-corrected chi connectivity index (χ1v) is 8.65. The van der Waals surface area contributed by atoms with Crippen molar-refractivity contribution < 1.29 is 18.7 Å². The van der Waals surface area contributed by atoms with E-state index in [2.05, 4.69) is 10.3 Å². The van der Waals surface area contributed by atoms with Crippen LogP contribution in [0.4, 0.5) is 0 Å². The molecule has 6 nitrogen and oxygen atoms in total. The lowest BCUT2D eigenvalue weighted by Gasteiger charge is -2.25. The Morgan fingerprint density at radius 2 is 2.15 bits per heavy atom. The third-order valence-electron chi connectivity index (χ3n) is 4.52. The van der Waals surface area contributed by atoms with E-state index in [1.807, 2.05) is 42.5 Å². The van der Waals surface area contributed by atoms with Crippen molar-refractivity contribution in [2.45, 2.75) is 12.8 Å². The third kappa shape index (κ3) is 3.22. The van der Waals surface area contributed by atoms with Crippen molar-refractivity contribution in [3.8, 4) is 11.5 Å². The van der Waals surface area contributed by atoms with E-state index < -0.39 is 0 Å². The van der Waals surface area contributed by atoms with Crippen molar-refractivity contribution >= 4 is 17.0 Å². The van der Waals surface area contributed by atoms with E-state index in [1.54, 1.807) is 7.11 Å². The molecule has 6 heteroatoms. The van der Waals surface area contributed by atoms with Gasteiger partial charge < -0.3 is 19.2 Å². The monoisotopic (exact) mass is 352 g/mol. The van der Waals surface area contributed by atoms with Gasteiger partial charge in [0.15, 0.2) is 23.0 Å². The molecular weight excluding hydrogens is 332 g/mol. The number of aromatic nitrogens is 1. The average molecular weight is 352 g/mol. The Morgan fingerprint density at radius 3 is 3.00 bits per heavy atom. The minimum absolute atomic E-state index is 0.0189. The van der Waals surface area contributed by atoms with Crippen molar-refractivity contribution in [2.24, 2.45) is 5.92 Å². The molecule has 0 aliphatic carbocycles. The van der Waals surface area contributed by atoms with Gasteiger partial charge in [-0.2, -0.15) is 0 Å². The zero-order valence-electron chi connectivity index (χ0n) is 14.5. The van der Waals surface area contributed by atoms with Crippen molar-refractivity contribution in [1.82, 2.24) is 10.3 Å². The van der Waals surface area contributed by atoms with Crippen molar-refractivity contribution in [3.05, 3.63) is 53.9 Å². The Morgan fingerprint density at radius 1 is 1.27 bits per heavy atom.